The van der Waals surface area contributed by atoms with Crippen LogP contribution in [0, 0.1) is 5.92 Å². The van der Waals surface area contributed by atoms with Crippen LogP contribution in [0.25, 0.3) is 0 Å². The van der Waals surface area contributed by atoms with E-state index in [0.717, 1.165) is 31.2 Å². The van der Waals surface area contributed by atoms with Crippen molar-refractivity contribution in [2.24, 2.45) is 5.92 Å². The first kappa shape index (κ1) is 16.0. The molecule has 1 saturated carbocycles. The van der Waals surface area contributed by atoms with Gasteiger partial charge in [-0.05, 0) is 43.7 Å². The van der Waals surface area contributed by atoms with E-state index in [1.54, 1.807) is 11.8 Å². The number of nitrogens with zero attached hydrogens (tertiary/aromatic N) is 1. The Morgan fingerprint density at radius 2 is 1.96 bits per heavy atom. The van der Waals surface area contributed by atoms with Gasteiger partial charge in [0.05, 0.1) is 6.10 Å². The Bertz CT molecular complexity index is 596. The van der Waals surface area contributed by atoms with Crippen molar-refractivity contribution in [3.8, 4) is 0 Å². The second kappa shape index (κ2) is 6.71. The minimum atomic E-state index is -0.899. The lowest BCUT2D eigenvalue weighted by Crippen LogP contribution is -2.53. The fourth-order valence-electron chi connectivity index (χ4n) is 3.09. The van der Waals surface area contributed by atoms with Crippen LogP contribution in [0.5, 0.6) is 0 Å². The Balaban J connectivity index is 1.72. The first-order valence-electron chi connectivity index (χ1n) is 8.40. The highest BCUT2D eigenvalue weighted by Gasteiger charge is 2.36. The molecule has 2 atom stereocenters. The van der Waals surface area contributed by atoms with Gasteiger partial charge in [0.25, 0.3) is 0 Å². The van der Waals surface area contributed by atoms with Gasteiger partial charge in [0, 0.05) is 19.0 Å². The number of hydrogen-bond acceptors (Lipinski definition) is 3. The van der Waals surface area contributed by atoms with Gasteiger partial charge in [-0.25, -0.2) is 0 Å². The third kappa shape index (κ3) is 3.72. The van der Waals surface area contributed by atoms with Crippen LogP contribution in [-0.2, 0) is 22.6 Å². The highest BCUT2D eigenvalue weighted by Crippen LogP contribution is 2.29. The van der Waals surface area contributed by atoms with E-state index in [0.29, 0.717) is 13.1 Å². The maximum Gasteiger partial charge on any atom is 0.248 e. The minimum Gasteiger partial charge on any atom is -0.391 e. The predicted octanol–water partition coefficient (Wildman–Crippen LogP) is 1.24. The van der Waals surface area contributed by atoms with Crippen LogP contribution in [0.3, 0.4) is 0 Å². The van der Waals surface area contributed by atoms with E-state index in [9.17, 15) is 14.7 Å². The Hall–Kier alpha value is -1.88. The molecule has 1 aliphatic carbocycles. The summed E-state index contributed by atoms with van der Waals surface area (Å²) < 4.78 is 0. The van der Waals surface area contributed by atoms with E-state index in [1.807, 2.05) is 18.2 Å². The van der Waals surface area contributed by atoms with Gasteiger partial charge in [-0.1, -0.05) is 24.3 Å². The van der Waals surface area contributed by atoms with Gasteiger partial charge in [0.2, 0.25) is 11.8 Å². The number of hydrogen-bond donors (Lipinski definition) is 2. The molecule has 2 N–H and O–H groups in total. The molecule has 1 heterocycles. The number of carbonyl (C=O) groups excluding carboxylic acids is 2. The molecule has 2 aliphatic rings. The number of aliphatic hydroxyl groups is 1. The van der Waals surface area contributed by atoms with Crippen molar-refractivity contribution in [3.63, 3.8) is 0 Å². The molecule has 1 fully saturated rings. The predicted molar refractivity (Wildman–Crippen MR) is 86.5 cm³/mol. The summed E-state index contributed by atoms with van der Waals surface area (Å²) in [6, 6.07) is 7.29. The summed E-state index contributed by atoms with van der Waals surface area (Å²) >= 11 is 0. The fraction of sp³-hybridized carbons (Fsp3) is 0.556. The van der Waals surface area contributed by atoms with Gasteiger partial charge in [-0.2, -0.15) is 0 Å². The van der Waals surface area contributed by atoms with E-state index >= 15 is 0 Å². The summed E-state index contributed by atoms with van der Waals surface area (Å²) in [5.74, 6) is -0.279. The molecule has 1 aromatic carbocycles. The quantitative estimate of drug-likeness (QED) is 0.878. The number of amides is 2. The largest absolute Gasteiger partial charge is 0.391 e. The van der Waals surface area contributed by atoms with Crippen molar-refractivity contribution in [1.29, 1.82) is 0 Å². The van der Waals surface area contributed by atoms with Crippen molar-refractivity contribution in [2.75, 3.05) is 6.54 Å². The highest BCUT2D eigenvalue weighted by atomic mass is 16.3. The van der Waals surface area contributed by atoms with Crippen molar-refractivity contribution in [2.45, 2.75) is 51.3 Å². The summed E-state index contributed by atoms with van der Waals surface area (Å²) in [7, 11) is 0. The number of aliphatic hydroxyl groups excluding tert-OH is 1. The van der Waals surface area contributed by atoms with Gasteiger partial charge in [0.1, 0.15) is 6.04 Å². The summed E-state index contributed by atoms with van der Waals surface area (Å²) in [5.41, 5.74) is 2.43. The Kier molecular flexibility index (Phi) is 4.66. The molecule has 1 aromatic rings. The van der Waals surface area contributed by atoms with Crippen LogP contribution >= 0.6 is 0 Å². The topological polar surface area (TPSA) is 69.6 Å². The van der Waals surface area contributed by atoms with Gasteiger partial charge >= 0.3 is 0 Å². The summed E-state index contributed by atoms with van der Waals surface area (Å²) in [6.07, 6.45) is 2.70. The molecule has 0 aromatic heterocycles. The van der Waals surface area contributed by atoms with Crippen molar-refractivity contribution < 1.29 is 14.7 Å². The van der Waals surface area contributed by atoms with Gasteiger partial charge in [-0.15, -0.1) is 0 Å². The molecule has 2 unspecified atom stereocenters. The Labute approximate surface area is 136 Å². The lowest BCUT2D eigenvalue weighted by atomic mass is 10.0. The molecule has 5 nitrogen and oxygen atoms in total. The zero-order valence-corrected chi connectivity index (χ0v) is 13.5. The summed E-state index contributed by atoms with van der Waals surface area (Å²) in [5, 5.41) is 12.7. The molecule has 124 valence electrons. The molecule has 0 bridgehead atoms. The SMILES string of the molecule is CC(O)C(NC(=O)C1CC1)C(=O)N1CCCc2ccccc2C1. The molecule has 5 heteroatoms. The Morgan fingerprint density at radius 3 is 2.61 bits per heavy atom. The standard InChI is InChI=1S/C18H24N2O3/c1-12(21)16(19-17(22)14-8-9-14)18(23)20-10-4-7-13-5-2-3-6-15(13)11-20/h2-3,5-6,12,14,16,21H,4,7-11H2,1H3,(H,19,22). The van der Waals surface area contributed by atoms with Gasteiger partial charge in [-0.3, -0.25) is 9.59 Å². The molecule has 0 radical (unpaired) electrons. The molecular weight excluding hydrogens is 292 g/mol. The first-order valence-corrected chi connectivity index (χ1v) is 8.40. The third-order valence-electron chi connectivity index (χ3n) is 4.66. The molecule has 3 rings (SSSR count). The van der Waals surface area contributed by atoms with Crippen LogP contribution in [0.15, 0.2) is 24.3 Å². The van der Waals surface area contributed by atoms with Gasteiger partial charge < -0.3 is 15.3 Å². The minimum absolute atomic E-state index is 0.0221. The maximum absolute atomic E-state index is 12.8. The number of rotatable bonds is 4. The highest BCUT2D eigenvalue weighted by molar-refractivity contribution is 5.89. The molecule has 0 spiro atoms. The summed E-state index contributed by atoms with van der Waals surface area (Å²) in [4.78, 5) is 26.6. The first-order chi connectivity index (χ1) is 11.1. The normalized spacial score (nSPS) is 20.2. The molecule has 1 aliphatic heterocycles. The van der Waals surface area contributed by atoms with E-state index in [2.05, 4.69) is 11.4 Å². The fourth-order valence-corrected chi connectivity index (χ4v) is 3.09. The second-order valence-electron chi connectivity index (χ2n) is 6.63. The van der Waals surface area contributed by atoms with Crippen LogP contribution < -0.4 is 5.32 Å². The van der Waals surface area contributed by atoms with Crippen molar-refractivity contribution in [3.05, 3.63) is 35.4 Å². The average molecular weight is 316 g/mol. The zero-order chi connectivity index (χ0) is 16.4. The number of aryl methyl sites for hydroxylation is 1. The van der Waals surface area contributed by atoms with Crippen LogP contribution in [0.2, 0.25) is 0 Å². The van der Waals surface area contributed by atoms with Crippen LogP contribution in [0.4, 0.5) is 0 Å². The summed E-state index contributed by atoms with van der Waals surface area (Å²) in [6.45, 7) is 2.75. The average Bonchev–Trinajstić information content (AvgIpc) is 3.36. The lowest BCUT2D eigenvalue weighted by Gasteiger charge is -2.28. The van der Waals surface area contributed by atoms with Gasteiger partial charge in [0.15, 0.2) is 0 Å². The van der Waals surface area contributed by atoms with Crippen molar-refractivity contribution in [1.82, 2.24) is 10.2 Å². The van der Waals surface area contributed by atoms with Crippen LogP contribution in [-0.4, -0.2) is 40.5 Å². The number of fused-ring (bicyclic) bond motifs is 1. The molecule has 2 amide bonds. The van der Waals surface area contributed by atoms with E-state index in [-0.39, 0.29) is 17.7 Å². The molecule has 0 saturated heterocycles. The lowest BCUT2D eigenvalue weighted by molar-refractivity contribution is -0.140. The number of benzene rings is 1. The second-order valence-corrected chi connectivity index (χ2v) is 6.63. The van der Waals surface area contributed by atoms with E-state index in [1.165, 1.54) is 5.56 Å². The number of nitrogens with one attached hydrogen (secondary N) is 1. The monoisotopic (exact) mass is 316 g/mol. The van der Waals surface area contributed by atoms with E-state index < -0.39 is 12.1 Å². The smallest absolute Gasteiger partial charge is 0.248 e. The molecule has 23 heavy (non-hydrogen) atoms. The van der Waals surface area contributed by atoms with Crippen molar-refractivity contribution >= 4 is 11.8 Å². The van der Waals surface area contributed by atoms with E-state index in [4.69, 9.17) is 0 Å². The Morgan fingerprint density at radius 1 is 1.26 bits per heavy atom. The van der Waals surface area contributed by atoms with Crippen LogP contribution in [0.1, 0.15) is 37.3 Å². The molecular formula is C18H24N2O3. The zero-order valence-electron chi connectivity index (χ0n) is 13.5. The number of carbonyl (C=O) groups is 2. The third-order valence-corrected chi connectivity index (χ3v) is 4.66. The maximum atomic E-state index is 12.8.